The van der Waals surface area contributed by atoms with Gasteiger partial charge in [0.2, 0.25) is 5.91 Å². The zero-order valence-corrected chi connectivity index (χ0v) is 10.4. The summed E-state index contributed by atoms with van der Waals surface area (Å²) >= 11 is 0. The maximum absolute atomic E-state index is 11.7. The normalized spacial score (nSPS) is 22.2. The highest BCUT2D eigenvalue weighted by Gasteiger charge is 2.27. The predicted octanol–water partition coefficient (Wildman–Crippen LogP) is 0.618. The van der Waals surface area contributed by atoms with Gasteiger partial charge in [0.15, 0.2) is 0 Å². The Hall–Kier alpha value is -1.36. The molecule has 17 heavy (non-hydrogen) atoms. The van der Waals surface area contributed by atoms with E-state index in [0.29, 0.717) is 6.54 Å². The Bertz CT molecular complexity index is 326. The van der Waals surface area contributed by atoms with Gasteiger partial charge in [-0.1, -0.05) is 12.0 Å². The highest BCUT2D eigenvalue weighted by molar-refractivity contribution is 5.82. The van der Waals surface area contributed by atoms with Crippen molar-refractivity contribution in [1.29, 1.82) is 0 Å². The van der Waals surface area contributed by atoms with Crippen LogP contribution < -0.4 is 5.32 Å². The smallest absolute Gasteiger partial charge is 0.328 e. The molecular weight excluding hydrogens is 220 g/mol. The molecule has 96 valence electrons. The van der Waals surface area contributed by atoms with Crippen LogP contribution in [-0.4, -0.2) is 48.1 Å². The zero-order valence-electron chi connectivity index (χ0n) is 10.4. The van der Waals surface area contributed by atoms with E-state index in [1.165, 1.54) is 6.08 Å². The molecule has 5 heteroatoms. The fourth-order valence-electron chi connectivity index (χ4n) is 2.22. The zero-order chi connectivity index (χ0) is 12.8. The number of carboxylic acid groups (broad SMARTS) is 1. The lowest BCUT2D eigenvalue weighted by Gasteiger charge is -2.34. The molecule has 1 fully saturated rings. The number of carbonyl (C=O) groups excluding carboxylic acids is 1. The van der Waals surface area contributed by atoms with E-state index in [-0.39, 0.29) is 11.9 Å². The van der Waals surface area contributed by atoms with Crippen molar-refractivity contribution in [3.05, 3.63) is 11.6 Å². The number of rotatable bonds is 4. The summed E-state index contributed by atoms with van der Waals surface area (Å²) in [5.74, 6) is -0.913. The number of likely N-dealkylation sites (N-methyl/N-ethyl adjacent to an activating group) is 1. The average Bonchev–Trinajstić information content (AvgIpc) is 2.27. The maximum Gasteiger partial charge on any atom is 0.328 e. The summed E-state index contributed by atoms with van der Waals surface area (Å²) in [4.78, 5) is 24.3. The van der Waals surface area contributed by atoms with Crippen LogP contribution in [0.25, 0.3) is 0 Å². The number of piperidine rings is 1. The third kappa shape index (κ3) is 4.19. The minimum absolute atomic E-state index is 0.0211. The maximum atomic E-state index is 11.7. The first kappa shape index (κ1) is 13.7. The van der Waals surface area contributed by atoms with Crippen LogP contribution in [0.1, 0.15) is 26.2 Å². The second-order valence-corrected chi connectivity index (χ2v) is 4.43. The standard InChI is InChI=1S/C12H20N2O3/c1-9(7-11(15)16)8-14-6-4-3-5-10(14)12(17)13-2/h7,10H,3-6,8H2,1-2H3,(H,13,17)(H,15,16). The van der Waals surface area contributed by atoms with Crippen molar-refractivity contribution in [2.24, 2.45) is 0 Å². The third-order valence-electron chi connectivity index (χ3n) is 2.99. The van der Waals surface area contributed by atoms with E-state index in [0.717, 1.165) is 31.4 Å². The van der Waals surface area contributed by atoms with Crippen molar-refractivity contribution < 1.29 is 14.7 Å². The molecule has 1 atom stereocenters. The summed E-state index contributed by atoms with van der Waals surface area (Å²) in [5, 5.41) is 11.3. The van der Waals surface area contributed by atoms with E-state index >= 15 is 0 Å². The molecule has 0 saturated carbocycles. The largest absolute Gasteiger partial charge is 0.478 e. The van der Waals surface area contributed by atoms with Crippen LogP contribution in [0.2, 0.25) is 0 Å². The molecule has 0 bridgehead atoms. The molecule has 0 aromatic rings. The number of likely N-dealkylation sites (tertiary alicyclic amines) is 1. The predicted molar refractivity (Wildman–Crippen MR) is 64.7 cm³/mol. The number of carboxylic acids is 1. The molecule has 0 aliphatic carbocycles. The summed E-state index contributed by atoms with van der Waals surface area (Å²) < 4.78 is 0. The van der Waals surface area contributed by atoms with Crippen molar-refractivity contribution in [3.63, 3.8) is 0 Å². The summed E-state index contributed by atoms with van der Waals surface area (Å²) in [6, 6.07) is -0.120. The molecule has 1 saturated heterocycles. The molecule has 2 N–H and O–H groups in total. The number of hydrogen-bond donors (Lipinski definition) is 2. The van der Waals surface area contributed by atoms with Gasteiger partial charge < -0.3 is 10.4 Å². The fourth-order valence-corrected chi connectivity index (χ4v) is 2.22. The van der Waals surface area contributed by atoms with Crippen LogP contribution >= 0.6 is 0 Å². The minimum atomic E-state index is -0.934. The van der Waals surface area contributed by atoms with E-state index in [4.69, 9.17) is 5.11 Å². The van der Waals surface area contributed by atoms with E-state index in [1.807, 2.05) is 0 Å². The topological polar surface area (TPSA) is 69.6 Å². The monoisotopic (exact) mass is 240 g/mol. The Kier molecular flexibility index (Phi) is 5.15. The van der Waals surface area contributed by atoms with Gasteiger partial charge in [-0.2, -0.15) is 0 Å². The molecule has 1 rings (SSSR count). The first-order valence-electron chi connectivity index (χ1n) is 5.90. The molecular formula is C12H20N2O3. The summed E-state index contributed by atoms with van der Waals surface area (Å²) in [5.41, 5.74) is 0.772. The third-order valence-corrected chi connectivity index (χ3v) is 2.99. The van der Waals surface area contributed by atoms with Crippen LogP contribution in [0.3, 0.4) is 0 Å². The quantitative estimate of drug-likeness (QED) is 0.707. The van der Waals surface area contributed by atoms with Gasteiger partial charge in [0.25, 0.3) is 0 Å². The van der Waals surface area contributed by atoms with Gasteiger partial charge in [-0.25, -0.2) is 4.79 Å². The molecule has 1 aliphatic rings. The molecule has 1 heterocycles. The molecule has 0 radical (unpaired) electrons. The second kappa shape index (κ2) is 6.39. The van der Waals surface area contributed by atoms with Crippen LogP contribution in [0.5, 0.6) is 0 Å². The lowest BCUT2D eigenvalue weighted by Crippen LogP contribution is -2.49. The van der Waals surface area contributed by atoms with E-state index in [9.17, 15) is 9.59 Å². The lowest BCUT2D eigenvalue weighted by atomic mass is 10.0. The van der Waals surface area contributed by atoms with Crippen molar-refractivity contribution in [3.8, 4) is 0 Å². The van der Waals surface area contributed by atoms with Gasteiger partial charge in [-0.15, -0.1) is 0 Å². The molecule has 0 aromatic heterocycles. The lowest BCUT2D eigenvalue weighted by molar-refractivity contribution is -0.131. The van der Waals surface area contributed by atoms with Crippen LogP contribution in [-0.2, 0) is 9.59 Å². The number of nitrogens with one attached hydrogen (secondary N) is 1. The summed E-state index contributed by atoms with van der Waals surface area (Å²) in [7, 11) is 1.63. The Morgan fingerprint density at radius 3 is 2.76 bits per heavy atom. The fraction of sp³-hybridized carbons (Fsp3) is 0.667. The first-order chi connectivity index (χ1) is 8.04. The van der Waals surface area contributed by atoms with Gasteiger partial charge in [0.05, 0.1) is 6.04 Å². The van der Waals surface area contributed by atoms with Crippen molar-refractivity contribution in [2.75, 3.05) is 20.1 Å². The number of hydrogen-bond acceptors (Lipinski definition) is 3. The second-order valence-electron chi connectivity index (χ2n) is 4.43. The minimum Gasteiger partial charge on any atom is -0.478 e. The Morgan fingerprint density at radius 1 is 1.47 bits per heavy atom. The highest BCUT2D eigenvalue weighted by atomic mass is 16.4. The van der Waals surface area contributed by atoms with E-state index in [2.05, 4.69) is 10.2 Å². The first-order valence-corrected chi connectivity index (χ1v) is 5.90. The Labute approximate surface area is 101 Å². The molecule has 0 aromatic carbocycles. The Morgan fingerprint density at radius 2 is 2.18 bits per heavy atom. The molecule has 1 amide bonds. The number of nitrogens with zero attached hydrogens (tertiary/aromatic N) is 1. The number of aliphatic carboxylic acids is 1. The van der Waals surface area contributed by atoms with Crippen molar-refractivity contribution >= 4 is 11.9 Å². The van der Waals surface area contributed by atoms with Crippen LogP contribution in [0, 0.1) is 0 Å². The number of amides is 1. The average molecular weight is 240 g/mol. The molecule has 0 spiro atoms. The van der Waals surface area contributed by atoms with Gasteiger partial charge in [-0.3, -0.25) is 9.69 Å². The Balaban J connectivity index is 2.65. The molecule has 1 unspecified atom stereocenters. The summed E-state index contributed by atoms with van der Waals surface area (Å²) in [6.07, 6.45) is 4.17. The van der Waals surface area contributed by atoms with Crippen LogP contribution in [0.4, 0.5) is 0 Å². The summed E-state index contributed by atoms with van der Waals surface area (Å²) in [6.45, 7) is 3.18. The van der Waals surface area contributed by atoms with Crippen molar-refractivity contribution in [1.82, 2.24) is 10.2 Å². The number of carbonyl (C=O) groups is 2. The van der Waals surface area contributed by atoms with Crippen molar-refractivity contribution in [2.45, 2.75) is 32.2 Å². The van der Waals surface area contributed by atoms with Gasteiger partial charge in [0, 0.05) is 19.7 Å². The van der Waals surface area contributed by atoms with E-state index in [1.54, 1.807) is 14.0 Å². The van der Waals surface area contributed by atoms with E-state index < -0.39 is 5.97 Å². The highest BCUT2D eigenvalue weighted by Crippen LogP contribution is 2.18. The van der Waals surface area contributed by atoms with Gasteiger partial charge in [0.1, 0.15) is 0 Å². The van der Waals surface area contributed by atoms with Gasteiger partial charge in [-0.05, 0) is 26.3 Å². The molecule has 5 nitrogen and oxygen atoms in total. The molecule has 1 aliphatic heterocycles. The SMILES string of the molecule is CNC(=O)C1CCCCN1CC(C)=CC(=O)O. The van der Waals surface area contributed by atoms with Gasteiger partial charge >= 0.3 is 5.97 Å². The van der Waals surface area contributed by atoms with Crippen LogP contribution in [0.15, 0.2) is 11.6 Å².